The van der Waals surface area contributed by atoms with Crippen LogP contribution in [0.5, 0.6) is 11.5 Å². The van der Waals surface area contributed by atoms with Gasteiger partial charge in [-0.05, 0) is 70.8 Å². The van der Waals surface area contributed by atoms with E-state index in [9.17, 15) is 13.2 Å². The van der Waals surface area contributed by atoms with Gasteiger partial charge in [0.05, 0.1) is 0 Å². The summed E-state index contributed by atoms with van der Waals surface area (Å²) in [6.45, 7) is 4.07. The first kappa shape index (κ1) is 23.4. The van der Waals surface area contributed by atoms with Crippen LogP contribution in [0.3, 0.4) is 0 Å². The van der Waals surface area contributed by atoms with Crippen molar-refractivity contribution >= 4 is 10.8 Å². The molecule has 0 aromatic heterocycles. The van der Waals surface area contributed by atoms with Crippen LogP contribution in [0.15, 0.2) is 91.5 Å². The van der Waals surface area contributed by atoms with Crippen LogP contribution >= 0.6 is 0 Å². The molecule has 0 saturated heterocycles. The van der Waals surface area contributed by atoms with Gasteiger partial charge in [-0.15, -0.1) is 13.2 Å². The minimum absolute atomic E-state index is 0.275. The van der Waals surface area contributed by atoms with Crippen LogP contribution in [0, 0.1) is 5.82 Å². The first-order valence-electron chi connectivity index (χ1n) is 10.7. The Morgan fingerprint density at radius 2 is 1.44 bits per heavy atom. The van der Waals surface area contributed by atoms with E-state index in [0.717, 1.165) is 27.8 Å². The summed E-state index contributed by atoms with van der Waals surface area (Å²) in [5.41, 5.74) is 3.32. The maximum absolute atomic E-state index is 15.2. The first-order chi connectivity index (χ1) is 16.3. The fraction of sp³-hybridized carbons (Fsp3) is 0.143. The van der Waals surface area contributed by atoms with Crippen molar-refractivity contribution in [2.75, 3.05) is 6.61 Å². The highest BCUT2D eigenvalue weighted by Crippen LogP contribution is 2.29. The predicted molar refractivity (Wildman–Crippen MR) is 126 cm³/mol. The summed E-state index contributed by atoms with van der Waals surface area (Å²) in [5, 5.41) is 1.32. The molecule has 0 bridgehead atoms. The van der Waals surface area contributed by atoms with E-state index in [-0.39, 0.29) is 11.6 Å². The lowest BCUT2D eigenvalue weighted by Crippen LogP contribution is -2.17. The Bertz CT molecular complexity index is 1280. The van der Waals surface area contributed by atoms with E-state index in [0.29, 0.717) is 30.4 Å². The van der Waals surface area contributed by atoms with Gasteiger partial charge in [-0.3, -0.25) is 0 Å². The molecule has 0 fully saturated rings. The van der Waals surface area contributed by atoms with E-state index < -0.39 is 6.36 Å². The average molecular weight is 466 g/mol. The molecule has 0 spiro atoms. The van der Waals surface area contributed by atoms with E-state index in [1.165, 1.54) is 12.1 Å². The van der Waals surface area contributed by atoms with E-state index in [2.05, 4.69) is 11.3 Å². The standard InChI is InChI=1S/C28H22F4O2/c1-2-17-33-24-14-9-20(10-15-24)22-11-16-26-23(18-22)8-7-21(27(26)29)6-3-19-4-12-25(13-5-19)34-28(30,31)32/h2,4-5,7-16,18H,1,3,6,17H2. The minimum atomic E-state index is -4.72. The van der Waals surface area contributed by atoms with Crippen molar-refractivity contribution in [3.63, 3.8) is 0 Å². The third kappa shape index (κ3) is 5.76. The highest BCUT2D eigenvalue weighted by Gasteiger charge is 2.30. The number of alkyl halides is 3. The van der Waals surface area contributed by atoms with Gasteiger partial charge in [-0.25, -0.2) is 4.39 Å². The van der Waals surface area contributed by atoms with Gasteiger partial charge in [-0.2, -0.15) is 0 Å². The third-order valence-electron chi connectivity index (χ3n) is 5.43. The van der Waals surface area contributed by atoms with Crippen LogP contribution in [0.25, 0.3) is 21.9 Å². The number of halogens is 4. The van der Waals surface area contributed by atoms with Crippen LogP contribution in [0.4, 0.5) is 17.6 Å². The van der Waals surface area contributed by atoms with E-state index in [1.54, 1.807) is 30.3 Å². The summed E-state index contributed by atoms with van der Waals surface area (Å²) in [7, 11) is 0. The summed E-state index contributed by atoms with van der Waals surface area (Å²) >= 11 is 0. The Morgan fingerprint density at radius 3 is 2.12 bits per heavy atom. The molecule has 6 heteroatoms. The molecular formula is C28H22F4O2. The molecular weight excluding hydrogens is 444 g/mol. The quantitative estimate of drug-likeness (QED) is 0.194. The molecule has 0 unspecified atom stereocenters. The van der Waals surface area contributed by atoms with E-state index >= 15 is 4.39 Å². The Kier molecular flexibility index (Phi) is 6.87. The number of hydrogen-bond donors (Lipinski definition) is 0. The number of fused-ring (bicyclic) bond motifs is 1. The molecule has 0 aliphatic heterocycles. The van der Waals surface area contributed by atoms with Crippen LogP contribution in [0.1, 0.15) is 11.1 Å². The molecule has 0 aliphatic rings. The Morgan fingerprint density at radius 1 is 0.765 bits per heavy atom. The smallest absolute Gasteiger partial charge is 0.490 e. The van der Waals surface area contributed by atoms with Crippen molar-refractivity contribution in [3.05, 3.63) is 108 Å². The molecule has 4 aromatic rings. The summed E-state index contributed by atoms with van der Waals surface area (Å²) in [6.07, 6.45) is -2.12. The van der Waals surface area contributed by atoms with Gasteiger partial charge in [0.1, 0.15) is 23.9 Å². The fourth-order valence-electron chi connectivity index (χ4n) is 3.75. The second-order valence-corrected chi connectivity index (χ2v) is 7.79. The highest BCUT2D eigenvalue weighted by atomic mass is 19.4. The molecule has 0 radical (unpaired) electrons. The number of aryl methyl sites for hydroxylation is 2. The Hall–Kier alpha value is -3.80. The molecule has 4 aromatic carbocycles. The van der Waals surface area contributed by atoms with Crippen LogP contribution in [0.2, 0.25) is 0 Å². The zero-order valence-corrected chi connectivity index (χ0v) is 18.2. The van der Waals surface area contributed by atoms with Crippen LogP contribution in [-0.4, -0.2) is 13.0 Å². The van der Waals surface area contributed by atoms with E-state index in [4.69, 9.17) is 4.74 Å². The van der Waals surface area contributed by atoms with Gasteiger partial charge in [0, 0.05) is 5.39 Å². The third-order valence-corrected chi connectivity index (χ3v) is 5.43. The van der Waals surface area contributed by atoms with Gasteiger partial charge < -0.3 is 9.47 Å². The molecule has 2 nitrogen and oxygen atoms in total. The Labute approximate surface area is 195 Å². The summed E-state index contributed by atoms with van der Waals surface area (Å²) in [4.78, 5) is 0. The lowest BCUT2D eigenvalue weighted by molar-refractivity contribution is -0.274. The lowest BCUT2D eigenvalue weighted by atomic mass is 9.97. The van der Waals surface area contributed by atoms with Crippen LogP contribution in [-0.2, 0) is 12.8 Å². The SMILES string of the molecule is C=CCOc1ccc(-c2ccc3c(F)c(CCc4ccc(OC(F)(F)F)cc4)ccc3c2)cc1. The predicted octanol–water partition coefficient (Wildman–Crippen LogP) is 7.89. The van der Waals surface area contributed by atoms with Crippen LogP contribution < -0.4 is 9.47 Å². The van der Waals surface area contributed by atoms with Gasteiger partial charge in [0.15, 0.2) is 0 Å². The maximum Gasteiger partial charge on any atom is 0.573 e. The molecule has 4 rings (SSSR count). The van der Waals surface area contributed by atoms with Gasteiger partial charge >= 0.3 is 6.36 Å². The second kappa shape index (κ2) is 10.00. The normalized spacial score (nSPS) is 11.4. The topological polar surface area (TPSA) is 18.5 Å². The number of benzene rings is 4. The average Bonchev–Trinajstić information content (AvgIpc) is 2.82. The first-order valence-corrected chi connectivity index (χ1v) is 10.7. The fourth-order valence-corrected chi connectivity index (χ4v) is 3.75. The number of rotatable bonds is 8. The van der Waals surface area contributed by atoms with Crippen molar-refractivity contribution in [1.82, 2.24) is 0 Å². The maximum atomic E-state index is 15.2. The summed E-state index contributed by atoms with van der Waals surface area (Å²) in [5.74, 6) is 0.194. The van der Waals surface area contributed by atoms with Crippen molar-refractivity contribution < 1.29 is 27.0 Å². The highest BCUT2D eigenvalue weighted by molar-refractivity contribution is 5.88. The second-order valence-electron chi connectivity index (χ2n) is 7.79. The summed E-state index contributed by atoms with van der Waals surface area (Å²) in [6, 6.07) is 22.6. The van der Waals surface area contributed by atoms with Crippen molar-refractivity contribution in [3.8, 4) is 22.6 Å². The van der Waals surface area contributed by atoms with Gasteiger partial charge in [0.2, 0.25) is 0 Å². The largest absolute Gasteiger partial charge is 0.573 e. The van der Waals surface area contributed by atoms with Gasteiger partial charge in [0.25, 0.3) is 0 Å². The zero-order valence-electron chi connectivity index (χ0n) is 18.2. The van der Waals surface area contributed by atoms with Crippen molar-refractivity contribution in [2.45, 2.75) is 19.2 Å². The molecule has 0 heterocycles. The number of ether oxygens (including phenoxy) is 2. The van der Waals surface area contributed by atoms with Crippen molar-refractivity contribution in [2.24, 2.45) is 0 Å². The van der Waals surface area contributed by atoms with Gasteiger partial charge in [-0.1, -0.05) is 61.2 Å². The number of hydrogen-bond acceptors (Lipinski definition) is 2. The molecule has 174 valence electrons. The molecule has 0 atom stereocenters. The molecule has 0 N–H and O–H groups in total. The lowest BCUT2D eigenvalue weighted by Gasteiger charge is -2.11. The monoisotopic (exact) mass is 466 g/mol. The summed E-state index contributed by atoms with van der Waals surface area (Å²) < 4.78 is 61.4. The Balaban J connectivity index is 1.47. The molecule has 0 aliphatic carbocycles. The molecule has 0 saturated carbocycles. The zero-order chi connectivity index (χ0) is 24.1. The molecule has 0 amide bonds. The van der Waals surface area contributed by atoms with E-state index in [1.807, 2.05) is 42.5 Å². The van der Waals surface area contributed by atoms with Crippen molar-refractivity contribution in [1.29, 1.82) is 0 Å². The molecule has 34 heavy (non-hydrogen) atoms. The minimum Gasteiger partial charge on any atom is -0.490 e.